The van der Waals surface area contributed by atoms with Gasteiger partial charge in [0.1, 0.15) is 18.9 Å². The van der Waals surface area contributed by atoms with Crippen LogP contribution in [0.5, 0.6) is 5.88 Å². The molecule has 0 saturated heterocycles. The molecule has 1 N–H and O–H groups in total. The first-order valence-corrected chi connectivity index (χ1v) is 16.0. The SMILES string of the molecule is C[Si](C)(C)CCOCn1ncc(N2Cc3ccccc3C2COc2cc(C(=O)O)ccn2)c(C(F)(F)F)c1=O. The Balaban J connectivity index is 1.65. The number of aromatic nitrogens is 3. The van der Waals surface area contributed by atoms with Gasteiger partial charge in [-0.05, 0) is 23.2 Å². The number of alkyl halides is 3. The predicted octanol–water partition coefficient (Wildman–Crippen LogP) is 4.81. The van der Waals surface area contributed by atoms with E-state index < -0.39 is 37.4 Å². The Morgan fingerprint density at radius 2 is 1.95 bits per heavy atom. The first-order valence-electron chi connectivity index (χ1n) is 12.3. The molecule has 0 radical (unpaired) electrons. The minimum Gasteiger partial charge on any atom is -0.478 e. The molecule has 1 aliphatic rings. The molecule has 2 aromatic heterocycles. The molecule has 0 spiro atoms. The van der Waals surface area contributed by atoms with Crippen LogP contribution in [0.4, 0.5) is 18.9 Å². The molecule has 1 atom stereocenters. The summed E-state index contributed by atoms with van der Waals surface area (Å²) in [6, 6.07) is 9.72. The quantitative estimate of drug-likeness (QED) is 0.277. The molecule has 9 nitrogen and oxygen atoms in total. The maximum absolute atomic E-state index is 14.3. The first-order chi connectivity index (χ1) is 18.3. The summed E-state index contributed by atoms with van der Waals surface area (Å²) in [6.07, 6.45) is -2.64. The molecule has 3 heterocycles. The van der Waals surface area contributed by atoms with Crippen LogP contribution in [0, 0.1) is 0 Å². The summed E-state index contributed by atoms with van der Waals surface area (Å²) in [4.78, 5) is 29.8. The molecule has 0 aliphatic carbocycles. The van der Waals surface area contributed by atoms with Gasteiger partial charge < -0.3 is 19.5 Å². The normalized spacial score (nSPS) is 15.3. The van der Waals surface area contributed by atoms with Crippen molar-refractivity contribution in [2.75, 3.05) is 18.1 Å². The van der Waals surface area contributed by atoms with E-state index >= 15 is 0 Å². The van der Waals surface area contributed by atoms with Gasteiger partial charge in [0.05, 0.1) is 23.5 Å². The number of anilines is 1. The third-order valence-electron chi connectivity index (χ3n) is 6.33. The molecule has 0 amide bonds. The van der Waals surface area contributed by atoms with E-state index in [1.807, 2.05) is 0 Å². The van der Waals surface area contributed by atoms with Gasteiger partial charge in [-0.15, -0.1) is 0 Å². The molecule has 208 valence electrons. The molecule has 1 unspecified atom stereocenters. The van der Waals surface area contributed by atoms with Crippen molar-refractivity contribution in [2.45, 2.75) is 51.2 Å². The van der Waals surface area contributed by atoms with Crippen molar-refractivity contribution in [1.29, 1.82) is 0 Å². The number of ether oxygens (including phenoxy) is 2. The van der Waals surface area contributed by atoms with Gasteiger partial charge in [0.25, 0.3) is 5.56 Å². The van der Waals surface area contributed by atoms with Crippen molar-refractivity contribution in [3.05, 3.63) is 81.4 Å². The van der Waals surface area contributed by atoms with E-state index in [2.05, 4.69) is 29.7 Å². The predicted molar refractivity (Wildman–Crippen MR) is 140 cm³/mol. The second kappa shape index (κ2) is 11.2. The second-order valence-electron chi connectivity index (χ2n) is 10.4. The summed E-state index contributed by atoms with van der Waals surface area (Å²) in [5.41, 5.74) is -1.55. The van der Waals surface area contributed by atoms with E-state index in [0.29, 0.717) is 11.3 Å². The number of hydrogen-bond acceptors (Lipinski definition) is 7. The van der Waals surface area contributed by atoms with Crippen molar-refractivity contribution < 1.29 is 32.5 Å². The van der Waals surface area contributed by atoms with E-state index in [1.165, 1.54) is 23.2 Å². The van der Waals surface area contributed by atoms with Crippen LogP contribution in [0.15, 0.2) is 53.6 Å². The maximum atomic E-state index is 14.3. The molecule has 1 aromatic carbocycles. The molecule has 0 saturated carbocycles. The van der Waals surface area contributed by atoms with Crippen LogP contribution in [0.2, 0.25) is 25.7 Å². The van der Waals surface area contributed by atoms with Crippen LogP contribution < -0.4 is 15.2 Å². The zero-order chi connectivity index (χ0) is 28.4. The fourth-order valence-electron chi connectivity index (χ4n) is 4.27. The van der Waals surface area contributed by atoms with E-state index in [9.17, 15) is 27.9 Å². The lowest BCUT2D eigenvalue weighted by molar-refractivity contribution is -0.138. The second-order valence-corrected chi connectivity index (χ2v) is 16.0. The Morgan fingerprint density at radius 3 is 2.64 bits per heavy atom. The third-order valence-corrected chi connectivity index (χ3v) is 8.03. The van der Waals surface area contributed by atoms with Gasteiger partial charge in [0.2, 0.25) is 5.88 Å². The van der Waals surface area contributed by atoms with E-state index in [-0.39, 0.29) is 37.0 Å². The Labute approximate surface area is 223 Å². The monoisotopic (exact) mass is 562 g/mol. The molecule has 1 aliphatic heterocycles. The number of hydrogen-bond donors (Lipinski definition) is 1. The molecule has 13 heteroatoms. The van der Waals surface area contributed by atoms with Crippen molar-refractivity contribution in [3.63, 3.8) is 0 Å². The third kappa shape index (κ3) is 6.65. The zero-order valence-electron chi connectivity index (χ0n) is 21.7. The Kier molecular flexibility index (Phi) is 8.11. The number of carbonyl (C=O) groups is 1. The standard InChI is InChI=1S/C26H29F3N4O5Si/c1-39(2,3)11-10-37-16-33-24(34)23(26(27,28)29)20(13-31-33)32-14-18-6-4-5-7-19(18)21(32)15-38-22-12-17(25(35)36)8-9-30-22/h4-9,12-13,21H,10-11,14-16H2,1-3H3,(H,35,36). The largest absolute Gasteiger partial charge is 0.478 e. The van der Waals surface area contributed by atoms with E-state index in [4.69, 9.17) is 9.47 Å². The average molecular weight is 563 g/mol. The number of benzene rings is 1. The molecular weight excluding hydrogens is 533 g/mol. The van der Waals surface area contributed by atoms with Gasteiger partial charge in [0.15, 0.2) is 0 Å². The Hall–Kier alpha value is -3.71. The van der Waals surface area contributed by atoms with Crippen molar-refractivity contribution >= 4 is 19.7 Å². The number of fused-ring (bicyclic) bond motifs is 1. The van der Waals surface area contributed by atoms with Crippen molar-refractivity contribution in [3.8, 4) is 5.88 Å². The van der Waals surface area contributed by atoms with Crippen molar-refractivity contribution in [1.82, 2.24) is 14.8 Å². The Morgan fingerprint density at radius 1 is 1.21 bits per heavy atom. The van der Waals surface area contributed by atoms with Crippen molar-refractivity contribution in [2.24, 2.45) is 0 Å². The number of halogens is 3. The summed E-state index contributed by atoms with van der Waals surface area (Å²) in [7, 11) is -1.42. The van der Waals surface area contributed by atoms with Crippen LogP contribution >= 0.6 is 0 Å². The molecule has 39 heavy (non-hydrogen) atoms. The van der Waals surface area contributed by atoms with Crippen LogP contribution in [-0.2, 0) is 24.2 Å². The van der Waals surface area contributed by atoms with E-state index in [0.717, 1.165) is 23.4 Å². The van der Waals surface area contributed by atoms with Gasteiger partial charge in [-0.25, -0.2) is 14.5 Å². The van der Waals surface area contributed by atoms with Gasteiger partial charge in [-0.2, -0.15) is 18.3 Å². The van der Waals surface area contributed by atoms with Crippen LogP contribution in [-0.4, -0.2) is 47.1 Å². The van der Waals surface area contributed by atoms with Crippen LogP contribution in [0.25, 0.3) is 0 Å². The summed E-state index contributed by atoms with van der Waals surface area (Å²) >= 11 is 0. The number of carboxylic acid groups (broad SMARTS) is 1. The lowest BCUT2D eigenvalue weighted by Crippen LogP contribution is -2.36. The number of pyridine rings is 1. The fourth-order valence-corrected chi connectivity index (χ4v) is 5.03. The molecular formula is C26H29F3N4O5Si. The fraction of sp³-hybridized carbons (Fsp3) is 0.385. The molecule has 0 fully saturated rings. The lowest BCUT2D eigenvalue weighted by atomic mass is 10.1. The van der Waals surface area contributed by atoms with Gasteiger partial charge in [0, 0.05) is 33.5 Å². The highest BCUT2D eigenvalue weighted by molar-refractivity contribution is 6.76. The maximum Gasteiger partial charge on any atom is 0.423 e. The van der Waals surface area contributed by atoms with Crippen LogP contribution in [0.3, 0.4) is 0 Å². The summed E-state index contributed by atoms with van der Waals surface area (Å²) in [5.74, 6) is -1.15. The minimum atomic E-state index is -4.95. The number of aromatic carboxylic acids is 1. The Bertz CT molecular complexity index is 1410. The summed E-state index contributed by atoms with van der Waals surface area (Å²) < 4.78 is 54.9. The van der Waals surface area contributed by atoms with Gasteiger partial charge in [-0.3, -0.25) is 4.79 Å². The van der Waals surface area contributed by atoms with Crippen LogP contribution in [0.1, 0.15) is 33.1 Å². The summed E-state index contributed by atoms with van der Waals surface area (Å²) in [6.45, 7) is 6.32. The smallest absolute Gasteiger partial charge is 0.423 e. The highest BCUT2D eigenvalue weighted by Gasteiger charge is 2.42. The minimum absolute atomic E-state index is 0.0132. The van der Waals surface area contributed by atoms with E-state index in [1.54, 1.807) is 24.3 Å². The molecule has 4 rings (SSSR count). The average Bonchev–Trinajstić information content (AvgIpc) is 3.23. The summed E-state index contributed by atoms with van der Waals surface area (Å²) in [5, 5.41) is 13.2. The first kappa shape index (κ1) is 28.3. The zero-order valence-corrected chi connectivity index (χ0v) is 22.7. The lowest BCUT2D eigenvalue weighted by Gasteiger charge is -2.29. The number of rotatable bonds is 10. The van der Waals surface area contributed by atoms with Gasteiger partial charge >= 0.3 is 12.1 Å². The molecule has 3 aromatic rings. The molecule has 0 bridgehead atoms. The highest BCUT2D eigenvalue weighted by atomic mass is 28.3. The topological polar surface area (TPSA) is 107 Å². The highest BCUT2D eigenvalue weighted by Crippen LogP contribution is 2.42. The number of nitrogens with zero attached hydrogens (tertiary/aromatic N) is 4. The number of carboxylic acids is 1. The van der Waals surface area contributed by atoms with Gasteiger partial charge in [-0.1, -0.05) is 43.9 Å².